The third-order valence-electron chi connectivity index (χ3n) is 5.74. The zero-order chi connectivity index (χ0) is 27.6. The Morgan fingerprint density at radius 1 is 1.05 bits per heavy atom. The van der Waals surface area contributed by atoms with Crippen LogP contribution >= 0.6 is 11.6 Å². The van der Waals surface area contributed by atoms with Gasteiger partial charge < -0.3 is 11.1 Å². The van der Waals surface area contributed by atoms with Crippen LogP contribution in [-0.4, -0.2) is 20.7 Å². The molecule has 0 fully saturated rings. The van der Waals surface area contributed by atoms with Crippen molar-refractivity contribution in [2.75, 3.05) is 11.1 Å². The van der Waals surface area contributed by atoms with E-state index in [2.05, 4.69) is 27.2 Å². The molecule has 3 N–H and O–H groups in total. The van der Waals surface area contributed by atoms with E-state index in [-0.39, 0.29) is 23.1 Å². The van der Waals surface area contributed by atoms with Crippen molar-refractivity contribution in [1.82, 2.24) is 14.8 Å². The Morgan fingerprint density at radius 3 is 2.47 bits per heavy atom. The second kappa shape index (κ2) is 10.6. The third-order valence-corrected chi connectivity index (χ3v) is 6.07. The van der Waals surface area contributed by atoms with E-state index >= 15 is 0 Å². The Balaban J connectivity index is 1.59. The normalized spacial score (nSPS) is 11.3. The summed E-state index contributed by atoms with van der Waals surface area (Å²) in [5.74, 6) is 5.72. The molecule has 0 aliphatic carbocycles. The molecule has 38 heavy (non-hydrogen) atoms. The summed E-state index contributed by atoms with van der Waals surface area (Å²) in [5, 5.41) is 6.38. The van der Waals surface area contributed by atoms with Crippen molar-refractivity contribution < 1.29 is 18.0 Å². The molecule has 0 spiro atoms. The van der Waals surface area contributed by atoms with Crippen molar-refractivity contribution >= 4 is 29.0 Å². The number of hydrogen-bond acceptors (Lipinski definition) is 4. The van der Waals surface area contributed by atoms with Gasteiger partial charge in [-0.25, -0.2) is 4.98 Å². The van der Waals surface area contributed by atoms with Gasteiger partial charge in [-0.05, 0) is 62.7 Å². The first-order chi connectivity index (χ1) is 17.9. The smallest absolute Gasteiger partial charge is 0.383 e. The molecular formula is C28H23ClF3N5O. The number of carbonyl (C=O) groups is 1. The van der Waals surface area contributed by atoms with Crippen molar-refractivity contribution in [3.8, 4) is 23.0 Å². The molecule has 0 atom stereocenters. The molecular weight excluding hydrogens is 515 g/mol. The number of amides is 1. The summed E-state index contributed by atoms with van der Waals surface area (Å²) >= 11 is 5.66. The maximum atomic E-state index is 13.2. The highest BCUT2D eigenvalue weighted by atomic mass is 35.5. The largest absolute Gasteiger partial charge is 0.417 e. The van der Waals surface area contributed by atoms with Crippen LogP contribution in [0.15, 0.2) is 61.1 Å². The van der Waals surface area contributed by atoms with Crippen molar-refractivity contribution in [3.05, 3.63) is 93.9 Å². The van der Waals surface area contributed by atoms with Gasteiger partial charge in [-0.15, -0.1) is 0 Å². The lowest BCUT2D eigenvalue weighted by Gasteiger charge is -2.12. The lowest BCUT2D eigenvalue weighted by atomic mass is 10.0. The van der Waals surface area contributed by atoms with Gasteiger partial charge in [-0.2, -0.15) is 18.3 Å². The Kier molecular flexibility index (Phi) is 7.46. The summed E-state index contributed by atoms with van der Waals surface area (Å²) in [6.07, 6.45) is 0.668. The SMILES string of the molecule is Cc1ccc(C(=O)Nc2ccc(Cl)c(C(F)(F)F)c2)cc1C#Cc1cc(-c2cnn(C(C)C)c2)cnc1N. The Hall–Kier alpha value is -4.29. The molecule has 6 nitrogen and oxygen atoms in total. The first kappa shape index (κ1) is 26.8. The van der Waals surface area contributed by atoms with E-state index in [1.807, 2.05) is 37.7 Å². The van der Waals surface area contributed by atoms with E-state index in [0.717, 1.165) is 28.8 Å². The molecule has 2 aromatic heterocycles. The summed E-state index contributed by atoms with van der Waals surface area (Å²) < 4.78 is 41.3. The number of anilines is 2. The van der Waals surface area contributed by atoms with E-state index in [0.29, 0.717) is 11.1 Å². The van der Waals surface area contributed by atoms with Gasteiger partial charge in [0, 0.05) is 46.4 Å². The molecule has 0 bridgehead atoms. The number of benzene rings is 2. The highest BCUT2D eigenvalue weighted by Crippen LogP contribution is 2.36. The van der Waals surface area contributed by atoms with Crippen LogP contribution in [0, 0.1) is 18.8 Å². The monoisotopic (exact) mass is 537 g/mol. The van der Waals surface area contributed by atoms with Gasteiger partial charge in [0.1, 0.15) is 5.82 Å². The molecule has 0 aliphatic heterocycles. The molecule has 2 aromatic carbocycles. The second-order valence-electron chi connectivity index (χ2n) is 8.89. The fraction of sp³-hybridized carbons (Fsp3) is 0.179. The minimum atomic E-state index is -4.65. The Labute approximate surface area is 222 Å². The van der Waals surface area contributed by atoms with E-state index < -0.39 is 22.7 Å². The zero-order valence-corrected chi connectivity index (χ0v) is 21.4. The molecule has 4 aromatic rings. The lowest BCUT2D eigenvalue weighted by Crippen LogP contribution is -2.14. The number of aromatic nitrogens is 3. The minimum absolute atomic E-state index is 0.0311. The summed E-state index contributed by atoms with van der Waals surface area (Å²) in [5.41, 5.74) is 8.77. The van der Waals surface area contributed by atoms with Gasteiger partial charge in [-0.1, -0.05) is 29.5 Å². The molecule has 4 rings (SSSR count). The predicted octanol–water partition coefficient (Wildman–Crippen LogP) is 6.74. The van der Waals surface area contributed by atoms with Crippen molar-refractivity contribution in [2.24, 2.45) is 0 Å². The van der Waals surface area contributed by atoms with Crippen LogP contribution < -0.4 is 11.1 Å². The van der Waals surface area contributed by atoms with Crippen LogP contribution in [0.25, 0.3) is 11.1 Å². The van der Waals surface area contributed by atoms with Crippen LogP contribution in [0.5, 0.6) is 0 Å². The van der Waals surface area contributed by atoms with Crippen LogP contribution in [0.4, 0.5) is 24.7 Å². The van der Waals surface area contributed by atoms with Crippen molar-refractivity contribution in [2.45, 2.75) is 33.0 Å². The Morgan fingerprint density at radius 2 is 1.79 bits per heavy atom. The number of halogens is 4. The zero-order valence-electron chi connectivity index (χ0n) is 20.7. The first-order valence-corrected chi connectivity index (χ1v) is 11.9. The van der Waals surface area contributed by atoms with Gasteiger partial charge in [0.2, 0.25) is 0 Å². The van der Waals surface area contributed by atoms with Crippen LogP contribution in [0.2, 0.25) is 5.02 Å². The number of pyridine rings is 1. The van der Waals surface area contributed by atoms with E-state index in [1.54, 1.807) is 30.6 Å². The number of rotatable bonds is 4. The summed E-state index contributed by atoms with van der Waals surface area (Å²) in [4.78, 5) is 17.0. The van der Waals surface area contributed by atoms with Crippen LogP contribution in [-0.2, 0) is 6.18 Å². The molecule has 10 heteroatoms. The third kappa shape index (κ3) is 5.98. The number of aryl methyl sites for hydroxylation is 1. The molecule has 0 saturated heterocycles. The van der Waals surface area contributed by atoms with Crippen LogP contribution in [0.3, 0.4) is 0 Å². The fourth-order valence-electron chi connectivity index (χ4n) is 3.56. The van der Waals surface area contributed by atoms with Crippen molar-refractivity contribution in [1.29, 1.82) is 0 Å². The van der Waals surface area contributed by atoms with Gasteiger partial charge in [0.25, 0.3) is 5.91 Å². The molecule has 1 amide bonds. The minimum Gasteiger partial charge on any atom is -0.383 e. The van der Waals surface area contributed by atoms with Gasteiger partial charge >= 0.3 is 6.18 Å². The van der Waals surface area contributed by atoms with Crippen molar-refractivity contribution in [3.63, 3.8) is 0 Å². The number of nitrogen functional groups attached to an aromatic ring is 1. The average molecular weight is 538 g/mol. The molecule has 0 aliphatic rings. The number of carbonyl (C=O) groups excluding carboxylic acids is 1. The standard InChI is InChI=1S/C28H23ClF3N5O/c1-16(2)37-15-22(14-35-37)21-11-19(26(33)34-13-21)7-6-18-10-20(5-4-17(18)3)27(38)36-23-8-9-25(29)24(12-23)28(30,31)32/h4-5,8-16H,1-3H3,(H2,33,34)(H,36,38). The number of hydrogen-bond donors (Lipinski definition) is 2. The molecule has 0 saturated carbocycles. The molecule has 0 unspecified atom stereocenters. The van der Waals surface area contributed by atoms with Gasteiger partial charge in [-0.3, -0.25) is 9.48 Å². The molecule has 2 heterocycles. The summed E-state index contributed by atoms with van der Waals surface area (Å²) in [6.45, 7) is 5.89. The summed E-state index contributed by atoms with van der Waals surface area (Å²) in [6, 6.07) is 10.1. The lowest BCUT2D eigenvalue weighted by molar-refractivity contribution is -0.137. The number of alkyl halides is 3. The Bertz CT molecular complexity index is 1580. The topological polar surface area (TPSA) is 85.8 Å². The number of nitrogens with two attached hydrogens (primary N) is 1. The average Bonchev–Trinajstić information content (AvgIpc) is 3.35. The van der Waals surface area contributed by atoms with Gasteiger partial charge in [0.15, 0.2) is 0 Å². The summed E-state index contributed by atoms with van der Waals surface area (Å²) in [7, 11) is 0. The van der Waals surface area contributed by atoms with E-state index in [9.17, 15) is 18.0 Å². The maximum Gasteiger partial charge on any atom is 0.417 e. The quantitative estimate of drug-likeness (QED) is 0.282. The molecule has 0 radical (unpaired) electrons. The first-order valence-electron chi connectivity index (χ1n) is 11.5. The van der Waals surface area contributed by atoms with E-state index in [4.69, 9.17) is 17.3 Å². The fourth-order valence-corrected chi connectivity index (χ4v) is 3.78. The highest BCUT2D eigenvalue weighted by Gasteiger charge is 2.33. The second-order valence-corrected chi connectivity index (χ2v) is 9.29. The number of nitrogens with zero attached hydrogens (tertiary/aromatic N) is 3. The van der Waals surface area contributed by atoms with E-state index in [1.165, 1.54) is 6.07 Å². The predicted molar refractivity (Wildman–Crippen MR) is 142 cm³/mol. The van der Waals surface area contributed by atoms with Gasteiger partial charge in [0.05, 0.1) is 22.3 Å². The molecule has 194 valence electrons. The van der Waals surface area contributed by atoms with Crippen LogP contribution in [0.1, 0.15) is 52.5 Å². The number of nitrogens with one attached hydrogen (secondary N) is 1. The maximum absolute atomic E-state index is 13.2. The highest BCUT2D eigenvalue weighted by molar-refractivity contribution is 6.31.